The summed E-state index contributed by atoms with van der Waals surface area (Å²) < 4.78 is 0.841. The van der Waals surface area contributed by atoms with Crippen LogP contribution < -0.4 is 5.73 Å². The summed E-state index contributed by atoms with van der Waals surface area (Å²) >= 11 is 3.48. The Morgan fingerprint density at radius 1 is 1.10 bits per heavy atom. The van der Waals surface area contributed by atoms with Gasteiger partial charge in [-0.2, -0.15) is 0 Å². The number of halogens is 1. The van der Waals surface area contributed by atoms with Crippen molar-refractivity contribution in [1.82, 2.24) is 0 Å². The van der Waals surface area contributed by atoms with E-state index in [-0.39, 0.29) is 5.92 Å². The lowest BCUT2D eigenvalue weighted by Crippen LogP contribution is -2.31. The number of anilines is 1. The van der Waals surface area contributed by atoms with E-state index in [1.165, 1.54) is 32.1 Å². The molecule has 0 amide bonds. The molecule has 3 rings (SSSR count). The number of hydrogen-bond donors (Lipinski definition) is 1. The number of nitrogens with two attached hydrogens (primary N) is 1. The first-order valence-electron chi connectivity index (χ1n) is 7.74. The molecule has 3 unspecified atom stereocenters. The van der Waals surface area contributed by atoms with E-state index >= 15 is 0 Å². The summed E-state index contributed by atoms with van der Waals surface area (Å²) in [5.41, 5.74) is 7.25. The number of nitrogen functional groups attached to an aromatic ring is 1. The largest absolute Gasteiger partial charge is 0.399 e. The zero-order valence-electron chi connectivity index (χ0n) is 11.8. The third kappa shape index (κ3) is 2.78. The first-order chi connectivity index (χ1) is 9.65. The molecule has 2 N–H and O–H groups in total. The fourth-order valence-corrected chi connectivity index (χ4v) is 4.65. The van der Waals surface area contributed by atoms with Gasteiger partial charge in [-0.25, -0.2) is 0 Å². The Kier molecular flexibility index (Phi) is 4.16. The number of ketones is 1. The maximum atomic E-state index is 12.7. The molecule has 2 fully saturated rings. The second-order valence-electron chi connectivity index (χ2n) is 6.42. The highest BCUT2D eigenvalue weighted by Gasteiger charge is 2.35. The molecule has 20 heavy (non-hydrogen) atoms. The highest BCUT2D eigenvalue weighted by atomic mass is 79.9. The van der Waals surface area contributed by atoms with Crippen molar-refractivity contribution in [3.63, 3.8) is 0 Å². The Bertz CT molecular complexity index is 514. The van der Waals surface area contributed by atoms with E-state index in [1.54, 1.807) is 0 Å². The molecule has 1 aromatic rings. The number of benzene rings is 1. The highest BCUT2D eigenvalue weighted by Crippen LogP contribution is 2.43. The molecule has 0 aromatic heterocycles. The van der Waals surface area contributed by atoms with Crippen LogP contribution in [-0.4, -0.2) is 5.78 Å². The molecule has 0 radical (unpaired) electrons. The Labute approximate surface area is 129 Å². The van der Waals surface area contributed by atoms with Gasteiger partial charge in [0.1, 0.15) is 0 Å². The van der Waals surface area contributed by atoms with E-state index in [2.05, 4.69) is 15.9 Å². The van der Waals surface area contributed by atoms with Crippen LogP contribution in [0.15, 0.2) is 22.7 Å². The first-order valence-corrected chi connectivity index (χ1v) is 8.53. The van der Waals surface area contributed by atoms with Gasteiger partial charge in [0, 0.05) is 21.6 Å². The highest BCUT2D eigenvalue weighted by molar-refractivity contribution is 9.10. The molecule has 0 aliphatic heterocycles. The molecule has 0 bridgehead atoms. The minimum absolute atomic E-state index is 0.217. The van der Waals surface area contributed by atoms with Gasteiger partial charge in [0.25, 0.3) is 0 Å². The van der Waals surface area contributed by atoms with Crippen LogP contribution in [0.3, 0.4) is 0 Å². The van der Waals surface area contributed by atoms with Crippen LogP contribution in [0, 0.1) is 17.8 Å². The molecule has 1 aromatic carbocycles. The van der Waals surface area contributed by atoms with Gasteiger partial charge >= 0.3 is 0 Å². The Balaban J connectivity index is 1.74. The standard InChI is InChI=1S/C17H22BrNO/c18-16-10-14(19)7-8-15(16)17(20)13-6-5-11-3-1-2-4-12(11)9-13/h7-8,10-13H,1-6,9,19H2. The maximum absolute atomic E-state index is 12.7. The number of Topliss-reactive ketones (excluding diaryl/α,β-unsaturated/α-hetero) is 1. The first kappa shape index (κ1) is 14.1. The van der Waals surface area contributed by atoms with Crippen LogP contribution in [0.4, 0.5) is 5.69 Å². The predicted molar refractivity (Wildman–Crippen MR) is 85.7 cm³/mol. The lowest BCUT2D eigenvalue weighted by molar-refractivity contribution is 0.0762. The normalized spacial score (nSPS) is 29.8. The van der Waals surface area contributed by atoms with Gasteiger partial charge in [-0.15, -0.1) is 0 Å². The van der Waals surface area contributed by atoms with Gasteiger partial charge in [0.05, 0.1) is 0 Å². The lowest BCUT2D eigenvalue weighted by atomic mass is 9.66. The summed E-state index contributed by atoms with van der Waals surface area (Å²) in [5.74, 6) is 2.21. The van der Waals surface area contributed by atoms with E-state index in [0.717, 1.165) is 34.7 Å². The van der Waals surface area contributed by atoms with Gasteiger partial charge < -0.3 is 5.73 Å². The average molecular weight is 336 g/mol. The molecule has 3 heteroatoms. The van der Waals surface area contributed by atoms with Crippen molar-refractivity contribution in [3.8, 4) is 0 Å². The molecule has 0 saturated heterocycles. The van der Waals surface area contributed by atoms with Crippen LogP contribution in [0.5, 0.6) is 0 Å². The van der Waals surface area contributed by atoms with Crippen molar-refractivity contribution in [2.45, 2.75) is 44.9 Å². The van der Waals surface area contributed by atoms with Gasteiger partial charge in [-0.1, -0.05) is 25.7 Å². The quantitative estimate of drug-likeness (QED) is 0.621. The second kappa shape index (κ2) is 5.88. The van der Waals surface area contributed by atoms with E-state index in [1.807, 2.05) is 18.2 Å². The predicted octanol–water partition coefficient (Wildman–Crippen LogP) is 4.82. The van der Waals surface area contributed by atoms with Crippen molar-refractivity contribution in [3.05, 3.63) is 28.2 Å². The number of fused-ring (bicyclic) bond motifs is 1. The topological polar surface area (TPSA) is 43.1 Å². The average Bonchev–Trinajstić information content (AvgIpc) is 2.46. The van der Waals surface area contributed by atoms with Crippen molar-refractivity contribution in [2.75, 3.05) is 5.73 Å². The van der Waals surface area contributed by atoms with Gasteiger partial charge in [0.2, 0.25) is 0 Å². The van der Waals surface area contributed by atoms with Crippen LogP contribution >= 0.6 is 15.9 Å². The molecule has 0 spiro atoms. The van der Waals surface area contributed by atoms with Crippen molar-refractivity contribution >= 4 is 27.4 Å². The van der Waals surface area contributed by atoms with Crippen LogP contribution in [0.2, 0.25) is 0 Å². The smallest absolute Gasteiger partial charge is 0.167 e. The Morgan fingerprint density at radius 2 is 1.85 bits per heavy atom. The van der Waals surface area contributed by atoms with Crippen molar-refractivity contribution in [2.24, 2.45) is 17.8 Å². The molecule has 3 atom stereocenters. The van der Waals surface area contributed by atoms with Gasteiger partial charge in [0.15, 0.2) is 5.78 Å². The van der Waals surface area contributed by atoms with Crippen LogP contribution in [0.1, 0.15) is 55.3 Å². The number of rotatable bonds is 2. The molecule has 0 heterocycles. The lowest BCUT2D eigenvalue weighted by Gasteiger charge is -2.38. The number of hydrogen-bond acceptors (Lipinski definition) is 2. The summed E-state index contributed by atoms with van der Waals surface area (Å²) in [6.45, 7) is 0. The molecular weight excluding hydrogens is 314 g/mol. The fourth-order valence-electron chi connectivity index (χ4n) is 4.06. The van der Waals surface area contributed by atoms with E-state index in [4.69, 9.17) is 5.73 Å². The maximum Gasteiger partial charge on any atom is 0.167 e. The van der Waals surface area contributed by atoms with Crippen molar-refractivity contribution < 1.29 is 4.79 Å². The van der Waals surface area contributed by atoms with Crippen molar-refractivity contribution in [1.29, 1.82) is 0 Å². The van der Waals surface area contributed by atoms with Gasteiger partial charge in [-0.3, -0.25) is 4.79 Å². The van der Waals surface area contributed by atoms with Crippen LogP contribution in [0.25, 0.3) is 0 Å². The summed E-state index contributed by atoms with van der Waals surface area (Å²) in [7, 11) is 0. The summed E-state index contributed by atoms with van der Waals surface area (Å²) in [6, 6.07) is 5.53. The minimum atomic E-state index is 0.217. The summed E-state index contributed by atoms with van der Waals surface area (Å²) in [4.78, 5) is 12.7. The van der Waals surface area contributed by atoms with E-state index in [9.17, 15) is 4.79 Å². The zero-order chi connectivity index (χ0) is 14.1. The van der Waals surface area contributed by atoms with Gasteiger partial charge in [-0.05, 0) is 65.2 Å². The minimum Gasteiger partial charge on any atom is -0.399 e. The second-order valence-corrected chi connectivity index (χ2v) is 7.27. The molecule has 2 nitrogen and oxygen atoms in total. The summed E-state index contributed by atoms with van der Waals surface area (Å²) in [5, 5.41) is 0. The Hall–Kier alpha value is -0.830. The molecule has 2 aliphatic rings. The molecule has 108 valence electrons. The third-order valence-corrected chi connectivity index (χ3v) is 5.83. The van der Waals surface area contributed by atoms with E-state index < -0.39 is 0 Å². The number of carbonyl (C=O) groups is 1. The number of carbonyl (C=O) groups excluding carboxylic acids is 1. The monoisotopic (exact) mass is 335 g/mol. The molecule has 2 aliphatic carbocycles. The summed E-state index contributed by atoms with van der Waals surface area (Å²) in [6.07, 6.45) is 8.87. The molecular formula is C17H22BrNO. The molecule has 2 saturated carbocycles. The van der Waals surface area contributed by atoms with E-state index in [0.29, 0.717) is 11.5 Å². The van der Waals surface area contributed by atoms with Crippen LogP contribution in [-0.2, 0) is 0 Å². The Morgan fingerprint density at radius 3 is 2.60 bits per heavy atom. The fraction of sp³-hybridized carbons (Fsp3) is 0.588. The zero-order valence-corrected chi connectivity index (χ0v) is 13.4. The SMILES string of the molecule is Nc1ccc(C(=O)C2CCC3CCCCC3C2)c(Br)c1. The third-order valence-electron chi connectivity index (χ3n) is 5.17.